The number of hydrogen-bond acceptors (Lipinski definition) is 3. The van der Waals surface area contributed by atoms with E-state index in [1.54, 1.807) is 0 Å². The minimum absolute atomic E-state index is 0.599. The monoisotopic (exact) mass is 288 g/mol. The molecule has 3 nitrogen and oxygen atoms in total. The Balaban J connectivity index is 1.56. The first kappa shape index (κ1) is 14.9. The van der Waals surface area contributed by atoms with E-state index in [1.807, 2.05) is 0 Å². The summed E-state index contributed by atoms with van der Waals surface area (Å²) in [6.45, 7) is 7.69. The summed E-state index contributed by atoms with van der Waals surface area (Å²) in [6, 6.07) is 12.6. The Kier molecular flexibility index (Phi) is 4.81. The molecule has 3 heteroatoms. The number of rotatable bonds is 4. The molecule has 2 fully saturated rings. The third-order valence-electron chi connectivity index (χ3n) is 5.13. The van der Waals surface area contributed by atoms with E-state index in [9.17, 15) is 0 Å². The maximum Gasteiger partial charge on any atom is 0.0469 e. The van der Waals surface area contributed by atoms with Gasteiger partial charge in [-0.05, 0) is 51.2 Å². The highest BCUT2D eigenvalue weighted by molar-refractivity contribution is 5.48. The zero-order chi connectivity index (χ0) is 14.7. The van der Waals surface area contributed by atoms with Crippen LogP contribution in [0.4, 0.5) is 5.69 Å². The molecule has 3 atom stereocenters. The standard InChI is InChI=1S/C18H28N2O/c1-14-12-17(13-20(14)18-6-4-3-5-7-18)19-15(2)16-8-10-21-11-9-16/h3-7,14-17,19H,8-13H2,1-2H3/t14-,15+,17+/m1/s1. The topological polar surface area (TPSA) is 24.5 Å². The Labute approximate surface area is 128 Å². The number of nitrogens with one attached hydrogen (secondary N) is 1. The molecule has 0 unspecified atom stereocenters. The average Bonchev–Trinajstić information content (AvgIpc) is 2.89. The fourth-order valence-corrected chi connectivity index (χ4v) is 3.85. The van der Waals surface area contributed by atoms with Gasteiger partial charge in [0.05, 0.1) is 0 Å². The van der Waals surface area contributed by atoms with Gasteiger partial charge in [-0.3, -0.25) is 0 Å². The average molecular weight is 288 g/mol. The largest absolute Gasteiger partial charge is 0.381 e. The summed E-state index contributed by atoms with van der Waals surface area (Å²) in [5, 5.41) is 3.88. The van der Waals surface area contributed by atoms with Crippen LogP contribution in [0.1, 0.15) is 33.1 Å². The van der Waals surface area contributed by atoms with Crippen molar-refractivity contribution in [2.75, 3.05) is 24.7 Å². The highest BCUT2D eigenvalue weighted by atomic mass is 16.5. The van der Waals surface area contributed by atoms with Crippen molar-refractivity contribution >= 4 is 5.69 Å². The van der Waals surface area contributed by atoms with Gasteiger partial charge in [0, 0.05) is 43.6 Å². The molecule has 0 aromatic heterocycles. The number of para-hydroxylation sites is 1. The third-order valence-corrected chi connectivity index (χ3v) is 5.13. The number of benzene rings is 1. The first-order valence-electron chi connectivity index (χ1n) is 8.39. The quantitative estimate of drug-likeness (QED) is 0.921. The van der Waals surface area contributed by atoms with E-state index in [-0.39, 0.29) is 0 Å². The number of ether oxygens (including phenoxy) is 1. The minimum Gasteiger partial charge on any atom is -0.381 e. The minimum atomic E-state index is 0.599. The highest BCUT2D eigenvalue weighted by Gasteiger charge is 2.31. The Morgan fingerprint density at radius 2 is 1.90 bits per heavy atom. The lowest BCUT2D eigenvalue weighted by Gasteiger charge is -2.30. The second-order valence-electron chi connectivity index (χ2n) is 6.67. The van der Waals surface area contributed by atoms with Gasteiger partial charge in [0.15, 0.2) is 0 Å². The summed E-state index contributed by atoms with van der Waals surface area (Å²) >= 11 is 0. The summed E-state index contributed by atoms with van der Waals surface area (Å²) in [6.07, 6.45) is 3.65. The predicted octanol–water partition coefficient (Wildman–Crippen LogP) is 3.06. The lowest BCUT2D eigenvalue weighted by atomic mass is 9.92. The molecule has 0 aliphatic carbocycles. The van der Waals surface area contributed by atoms with Crippen molar-refractivity contribution in [2.24, 2.45) is 5.92 Å². The van der Waals surface area contributed by atoms with Crippen LogP contribution in [0.3, 0.4) is 0 Å². The van der Waals surface area contributed by atoms with Crippen LogP contribution in [-0.2, 0) is 4.74 Å². The Bertz CT molecular complexity index is 430. The van der Waals surface area contributed by atoms with Crippen molar-refractivity contribution in [2.45, 2.75) is 51.2 Å². The number of nitrogens with zero attached hydrogens (tertiary/aromatic N) is 1. The van der Waals surface area contributed by atoms with Gasteiger partial charge in [-0.1, -0.05) is 18.2 Å². The molecule has 0 spiro atoms. The maximum absolute atomic E-state index is 5.48. The lowest BCUT2D eigenvalue weighted by Crippen LogP contribution is -2.43. The van der Waals surface area contributed by atoms with Crippen molar-refractivity contribution in [1.29, 1.82) is 0 Å². The van der Waals surface area contributed by atoms with Crippen LogP contribution >= 0.6 is 0 Å². The van der Waals surface area contributed by atoms with E-state index in [4.69, 9.17) is 4.74 Å². The van der Waals surface area contributed by atoms with E-state index >= 15 is 0 Å². The van der Waals surface area contributed by atoms with Crippen molar-refractivity contribution in [3.05, 3.63) is 30.3 Å². The molecular weight excluding hydrogens is 260 g/mol. The van der Waals surface area contributed by atoms with E-state index in [2.05, 4.69) is 54.4 Å². The number of hydrogen-bond donors (Lipinski definition) is 1. The Morgan fingerprint density at radius 1 is 1.19 bits per heavy atom. The van der Waals surface area contributed by atoms with Crippen molar-refractivity contribution < 1.29 is 4.74 Å². The molecule has 0 saturated carbocycles. The molecule has 0 bridgehead atoms. The molecule has 0 radical (unpaired) electrons. The zero-order valence-electron chi connectivity index (χ0n) is 13.3. The molecule has 2 heterocycles. The Hall–Kier alpha value is -1.06. The molecule has 0 amide bonds. The van der Waals surface area contributed by atoms with E-state index in [1.165, 1.54) is 24.9 Å². The highest BCUT2D eigenvalue weighted by Crippen LogP contribution is 2.26. The maximum atomic E-state index is 5.48. The van der Waals surface area contributed by atoms with Gasteiger partial charge in [-0.15, -0.1) is 0 Å². The molecule has 21 heavy (non-hydrogen) atoms. The SMILES string of the molecule is C[C@H](N[C@H]1C[C@@H](C)N(c2ccccc2)C1)C1CCOCC1. The van der Waals surface area contributed by atoms with E-state index in [0.717, 1.165) is 25.7 Å². The summed E-state index contributed by atoms with van der Waals surface area (Å²) < 4.78 is 5.48. The first-order chi connectivity index (χ1) is 10.2. The molecule has 1 aromatic carbocycles. The van der Waals surface area contributed by atoms with Crippen molar-refractivity contribution in [3.8, 4) is 0 Å². The summed E-state index contributed by atoms with van der Waals surface area (Å²) in [5.74, 6) is 0.778. The molecule has 1 aromatic rings. The molecule has 2 aliphatic rings. The second-order valence-corrected chi connectivity index (χ2v) is 6.67. The van der Waals surface area contributed by atoms with Gasteiger partial charge < -0.3 is 15.0 Å². The first-order valence-corrected chi connectivity index (χ1v) is 8.39. The summed E-state index contributed by atoms with van der Waals surface area (Å²) in [5.41, 5.74) is 1.35. The van der Waals surface area contributed by atoms with Crippen LogP contribution in [0.15, 0.2) is 30.3 Å². The normalized spacial score (nSPS) is 28.8. The van der Waals surface area contributed by atoms with Gasteiger partial charge in [0.1, 0.15) is 0 Å². The molecular formula is C18H28N2O. The van der Waals surface area contributed by atoms with Gasteiger partial charge in [0.2, 0.25) is 0 Å². The van der Waals surface area contributed by atoms with E-state index < -0.39 is 0 Å². The Morgan fingerprint density at radius 3 is 2.62 bits per heavy atom. The molecule has 2 aliphatic heterocycles. The fourth-order valence-electron chi connectivity index (χ4n) is 3.85. The van der Waals surface area contributed by atoms with Crippen LogP contribution < -0.4 is 10.2 Å². The number of anilines is 1. The van der Waals surface area contributed by atoms with Gasteiger partial charge in [-0.2, -0.15) is 0 Å². The summed E-state index contributed by atoms with van der Waals surface area (Å²) in [7, 11) is 0. The van der Waals surface area contributed by atoms with Crippen LogP contribution in [0, 0.1) is 5.92 Å². The smallest absolute Gasteiger partial charge is 0.0469 e. The van der Waals surface area contributed by atoms with Gasteiger partial charge in [-0.25, -0.2) is 0 Å². The molecule has 116 valence electrons. The fraction of sp³-hybridized carbons (Fsp3) is 0.667. The molecule has 1 N–H and O–H groups in total. The zero-order valence-corrected chi connectivity index (χ0v) is 13.3. The predicted molar refractivity (Wildman–Crippen MR) is 87.8 cm³/mol. The van der Waals surface area contributed by atoms with Crippen LogP contribution in [0.2, 0.25) is 0 Å². The van der Waals surface area contributed by atoms with Gasteiger partial charge >= 0.3 is 0 Å². The lowest BCUT2D eigenvalue weighted by molar-refractivity contribution is 0.0547. The van der Waals surface area contributed by atoms with Crippen molar-refractivity contribution in [3.63, 3.8) is 0 Å². The second kappa shape index (κ2) is 6.80. The van der Waals surface area contributed by atoms with Crippen molar-refractivity contribution in [1.82, 2.24) is 5.32 Å². The van der Waals surface area contributed by atoms with Gasteiger partial charge in [0.25, 0.3) is 0 Å². The van der Waals surface area contributed by atoms with Crippen LogP contribution in [0.25, 0.3) is 0 Å². The molecule has 2 saturated heterocycles. The van der Waals surface area contributed by atoms with Crippen LogP contribution in [-0.4, -0.2) is 37.9 Å². The molecule has 3 rings (SSSR count). The van der Waals surface area contributed by atoms with E-state index in [0.29, 0.717) is 18.1 Å². The van der Waals surface area contributed by atoms with Crippen LogP contribution in [0.5, 0.6) is 0 Å². The summed E-state index contributed by atoms with van der Waals surface area (Å²) in [4.78, 5) is 2.54. The third kappa shape index (κ3) is 3.58.